The molecule has 0 radical (unpaired) electrons. The van der Waals surface area contributed by atoms with Crippen LogP contribution in [0.2, 0.25) is 0 Å². The van der Waals surface area contributed by atoms with Gasteiger partial charge in [0.05, 0.1) is 7.11 Å². The fourth-order valence-electron chi connectivity index (χ4n) is 3.72. The first-order valence-corrected chi connectivity index (χ1v) is 12.7. The average molecular weight is 548 g/mol. The molecule has 0 aliphatic heterocycles. The zero-order chi connectivity index (χ0) is 30.2. The van der Waals surface area contributed by atoms with E-state index in [1.165, 1.54) is 13.2 Å². The molecule has 212 valence electrons. The Kier molecular flexibility index (Phi) is 14.4. The van der Waals surface area contributed by atoms with Crippen molar-refractivity contribution in [2.24, 2.45) is 0 Å². The minimum Gasteiger partial charge on any atom is -0.496 e. The lowest BCUT2D eigenvalue weighted by Crippen LogP contribution is -2.24. The highest BCUT2D eigenvalue weighted by Gasteiger charge is 2.23. The number of halogens is 2. The van der Waals surface area contributed by atoms with Gasteiger partial charge in [-0.05, 0) is 78.8 Å². The minimum absolute atomic E-state index is 0.0969. The van der Waals surface area contributed by atoms with Gasteiger partial charge in [-0.3, -0.25) is 4.79 Å². The van der Waals surface area contributed by atoms with Crippen LogP contribution in [-0.4, -0.2) is 26.2 Å². The number of carbonyl (C=O) groups is 1. The van der Waals surface area contributed by atoms with Gasteiger partial charge in [-0.25, -0.2) is 0 Å². The predicted octanol–water partition coefficient (Wildman–Crippen LogP) is 8.87. The van der Waals surface area contributed by atoms with Crippen LogP contribution in [0, 0.1) is 0 Å². The molecule has 0 aromatic heterocycles. The molecule has 1 aromatic rings. The fraction of sp³-hybridized carbons (Fsp3) is 0.206. The van der Waals surface area contributed by atoms with Gasteiger partial charge in [-0.2, -0.15) is 8.78 Å². The van der Waals surface area contributed by atoms with E-state index < -0.39 is 12.5 Å². The standard InChI is InChI=1S/C34H39F2NO3/c1-10-14-17-26(15-11-2)27(16-12-3)19-24(7)25(8)20-28(18-23(5)6)29-21-30(39-9)32(33(38)37-13-4)31(22-29)40-34(35)36/h10-12,14-19,21-22,34H,1-2,5,7-8,13,20H2,3-4,6,9H3,(H,37,38)/b16-12-,17-14+,26-15+,27-19+,28-18+. The number of hydrogen-bond donors (Lipinski definition) is 1. The predicted molar refractivity (Wildman–Crippen MR) is 164 cm³/mol. The van der Waals surface area contributed by atoms with Crippen LogP contribution in [-0.2, 0) is 0 Å². The van der Waals surface area contributed by atoms with E-state index >= 15 is 0 Å². The fourth-order valence-corrected chi connectivity index (χ4v) is 3.72. The van der Waals surface area contributed by atoms with Gasteiger partial charge in [0, 0.05) is 6.54 Å². The molecule has 6 heteroatoms. The number of benzene rings is 1. The Morgan fingerprint density at radius 3 is 2.25 bits per heavy atom. The van der Waals surface area contributed by atoms with Crippen LogP contribution < -0.4 is 14.8 Å². The van der Waals surface area contributed by atoms with Crippen LogP contribution in [0.4, 0.5) is 8.78 Å². The molecule has 0 aliphatic carbocycles. The average Bonchev–Trinajstić information content (AvgIpc) is 2.89. The van der Waals surface area contributed by atoms with Crippen molar-refractivity contribution < 1.29 is 23.0 Å². The van der Waals surface area contributed by atoms with E-state index in [4.69, 9.17) is 9.47 Å². The molecule has 0 heterocycles. The summed E-state index contributed by atoms with van der Waals surface area (Å²) in [7, 11) is 1.36. The number of alkyl halides is 2. The Hall–Kier alpha value is -4.45. The first-order valence-electron chi connectivity index (χ1n) is 12.7. The quantitative estimate of drug-likeness (QED) is 0.210. The highest BCUT2D eigenvalue weighted by Crippen LogP contribution is 2.37. The maximum absolute atomic E-state index is 13.3. The first-order chi connectivity index (χ1) is 19.0. The van der Waals surface area contributed by atoms with Gasteiger partial charge in [0.25, 0.3) is 5.91 Å². The van der Waals surface area contributed by atoms with Gasteiger partial charge in [-0.1, -0.05) is 87.1 Å². The number of hydrogen-bond acceptors (Lipinski definition) is 3. The first kappa shape index (κ1) is 33.6. The number of carbonyl (C=O) groups excluding carboxylic acids is 1. The molecule has 0 saturated heterocycles. The number of nitrogens with one attached hydrogen (secondary N) is 1. The molecule has 0 bridgehead atoms. The topological polar surface area (TPSA) is 47.6 Å². The number of ether oxygens (including phenoxy) is 2. The van der Waals surface area contributed by atoms with Crippen molar-refractivity contribution in [3.05, 3.63) is 139 Å². The smallest absolute Gasteiger partial charge is 0.387 e. The molecule has 1 N–H and O–H groups in total. The molecule has 0 unspecified atom stereocenters. The molecule has 0 saturated carbocycles. The molecular weight excluding hydrogens is 508 g/mol. The molecule has 0 atom stereocenters. The van der Waals surface area contributed by atoms with Crippen LogP contribution >= 0.6 is 0 Å². The Bertz CT molecular complexity index is 1290. The molecule has 0 spiro atoms. The van der Waals surface area contributed by atoms with Crippen molar-refractivity contribution in [3.8, 4) is 11.5 Å². The van der Waals surface area contributed by atoms with Crippen molar-refractivity contribution in [2.45, 2.75) is 33.8 Å². The Morgan fingerprint density at radius 1 is 1.05 bits per heavy atom. The summed E-state index contributed by atoms with van der Waals surface area (Å²) in [6.07, 6.45) is 16.9. The van der Waals surface area contributed by atoms with E-state index in [0.29, 0.717) is 35.2 Å². The molecule has 1 aromatic carbocycles. The highest BCUT2D eigenvalue weighted by molar-refractivity contribution is 6.00. The number of amides is 1. The summed E-state index contributed by atoms with van der Waals surface area (Å²) in [6.45, 7) is 22.6. The van der Waals surface area contributed by atoms with Crippen molar-refractivity contribution in [3.63, 3.8) is 0 Å². The third kappa shape index (κ3) is 10.4. The van der Waals surface area contributed by atoms with Gasteiger partial charge >= 0.3 is 6.61 Å². The number of methoxy groups -OCH3 is 1. The molecule has 0 fully saturated rings. The molecule has 1 amide bonds. The van der Waals surface area contributed by atoms with Crippen molar-refractivity contribution in [2.75, 3.05) is 13.7 Å². The summed E-state index contributed by atoms with van der Waals surface area (Å²) >= 11 is 0. The largest absolute Gasteiger partial charge is 0.496 e. The molecule has 4 nitrogen and oxygen atoms in total. The Morgan fingerprint density at radius 2 is 1.73 bits per heavy atom. The van der Waals surface area contributed by atoms with E-state index in [2.05, 4.69) is 38.2 Å². The molecule has 0 aliphatic rings. The highest BCUT2D eigenvalue weighted by atomic mass is 19.3. The van der Waals surface area contributed by atoms with Gasteiger partial charge in [-0.15, -0.1) is 0 Å². The van der Waals surface area contributed by atoms with Crippen LogP contribution in [0.3, 0.4) is 0 Å². The number of rotatable bonds is 16. The van der Waals surface area contributed by atoms with Crippen molar-refractivity contribution in [1.82, 2.24) is 5.32 Å². The molecule has 40 heavy (non-hydrogen) atoms. The zero-order valence-corrected chi connectivity index (χ0v) is 23.9. The van der Waals surface area contributed by atoms with Crippen LogP contribution in [0.15, 0.2) is 128 Å². The van der Waals surface area contributed by atoms with E-state index in [9.17, 15) is 13.6 Å². The second kappa shape index (κ2) is 17.2. The van der Waals surface area contributed by atoms with Crippen molar-refractivity contribution >= 4 is 11.5 Å². The van der Waals surface area contributed by atoms with E-state index in [-0.39, 0.29) is 17.1 Å². The van der Waals surface area contributed by atoms with Gasteiger partial charge < -0.3 is 14.8 Å². The second-order valence-electron chi connectivity index (χ2n) is 8.66. The second-order valence-corrected chi connectivity index (χ2v) is 8.66. The van der Waals surface area contributed by atoms with E-state index in [1.54, 1.807) is 25.1 Å². The summed E-state index contributed by atoms with van der Waals surface area (Å²) < 4.78 is 36.9. The third-order valence-electron chi connectivity index (χ3n) is 5.43. The van der Waals surface area contributed by atoms with E-state index in [1.807, 2.05) is 56.4 Å². The summed E-state index contributed by atoms with van der Waals surface area (Å²) in [5.74, 6) is -0.782. The maximum Gasteiger partial charge on any atom is 0.387 e. The SMILES string of the molecule is C=C/C=C/C(=C\C=C)C(/C=C\C)=C/C(=C)C(=C)C/C(=C\C(=C)C)c1cc(OC)c(C(=O)NCC)c(OC(F)F)c1. The lowest BCUT2D eigenvalue weighted by atomic mass is 9.91. The van der Waals surface area contributed by atoms with Gasteiger partial charge in [0.2, 0.25) is 0 Å². The monoisotopic (exact) mass is 547 g/mol. The van der Waals surface area contributed by atoms with Gasteiger partial charge in [0.1, 0.15) is 17.1 Å². The summed E-state index contributed by atoms with van der Waals surface area (Å²) in [6, 6.07) is 3.01. The Labute approximate surface area is 237 Å². The van der Waals surface area contributed by atoms with Gasteiger partial charge in [0.15, 0.2) is 0 Å². The van der Waals surface area contributed by atoms with Crippen molar-refractivity contribution in [1.29, 1.82) is 0 Å². The molecular formula is C34H39F2NO3. The lowest BCUT2D eigenvalue weighted by molar-refractivity contribution is -0.0502. The number of allylic oxidation sites excluding steroid dienone is 15. The summed E-state index contributed by atoms with van der Waals surface area (Å²) in [5, 5.41) is 2.61. The summed E-state index contributed by atoms with van der Waals surface area (Å²) in [5.41, 5.74) is 4.97. The van der Waals surface area contributed by atoms with Crippen LogP contribution in [0.5, 0.6) is 11.5 Å². The lowest BCUT2D eigenvalue weighted by Gasteiger charge is -2.18. The Balaban J connectivity index is 3.63. The zero-order valence-electron chi connectivity index (χ0n) is 23.9. The minimum atomic E-state index is -3.14. The molecule has 1 rings (SSSR count). The maximum atomic E-state index is 13.3. The van der Waals surface area contributed by atoms with Crippen LogP contribution in [0.25, 0.3) is 5.57 Å². The summed E-state index contributed by atoms with van der Waals surface area (Å²) in [4.78, 5) is 12.7. The normalized spacial score (nSPS) is 12.5. The van der Waals surface area contributed by atoms with Crippen LogP contribution in [0.1, 0.15) is 43.1 Å². The van der Waals surface area contributed by atoms with E-state index in [0.717, 1.165) is 16.7 Å². The third-order valence-corrected chi connectivity index (χ3v) is 5.43.